The predicted octanol–water partition coefficient (Wildman–Crippen LogP) is 4.19. The van der Waals surface area contributed by atoms with Crippen molar-refractivity contribution in [1.82, 2.24) is 19.9 Å². The van der Waals surface area contributed by atoms with Gasteiger partial charge in [-0.15, -0.1) is 11.3 Å². The Labute approximate surface area is 195 Å². The maximum atomic E-state index is 13.3. The lowest BCUT2D eigenvalue weighted by atomic mass is 10.2. The lowest BCUT2D eigenvalue weighted by Gasteiger charge is -2.35. The van der Waals surface area contributed by atoms with Crippen LogP contribution in [0, 0.1) is 0 Å². The largest absolute Gasteiger partial charge is 0.494 e. The third-order valence-corrected chi connectivity index (χ3v) is 6.39. The molecule has 1 aliphatic heterocycles. The maximum absolute atomic E-state index is 13.3. The van der Waals surface area contributed by atoms with E-state index in [4.69, 9.17) is 4.74 Å². The van der Waals surface area contributed by atoms with E-state index in [-0.39, 0.29) is 5.91 Å². The van der Waals surface area contributed by atoms with Crippen LogP contribution in [0.5, 0.6) is 5.75 Å². The van der Waals surface area contributed by atoms with E-state index in [2.05, 4.69) is 31.2 Å². The van der Waals surface area contributed by atoms with Gasteiger partial charge in [0, 0.05) is 38.1 Å². The third kappa shape index (κ3) is 4.45. The summed E-state index contributed by atoms with van der Waals surface area (Å²) in [4.78, 5) is 31.7. The molecule has 1 N–H and O–H groups in total. The number of amides is 1. The molecule has 0 saturated carbocycles. The number of pyridine rings is 1. The standard InChI is InChI=1S/C24H24N6O2S/c1-2-32-18-7-5-17(6-8-18)28-21-19(4-3-10-25-21)24(31)30-13-11-29(12-14-30)22-20-9-15-33-23(20)27-16-26-22/h3-10,15-16H,2,11-14H2,1H3,(H,25,28). The number of thiophene rings is 1. The monoisotopic (exact) mass is 460 g/mol. The number of anilines is 3. The van der Waals surface area contributed by atoms with Gasteiger partial charge >= 0.3 is 0 Å². The van der Waals surface area contributed by atoms with E-state index in [1.54, 1.807) is 29.9 Å². The number of hydrogen-bond donors (Lipinski definition) is 1. The van der Waals surface area contributed by atoms with Crippen LogP contribution in [0.15, 0.2) is 60.4 Å². The molecule has 1 aromatic carbocycles. The Kier molecular flexibility index (Phi) is 6.03. The molecule has 0 atom stereocenters. The van der Waals surface area contributed by atoms with Gasteiger partial charge < -0.3 is 19.9 Å². The van der Waals surface area contributed by atoms with Gasteiger partial charge in [-0.25, -0.2) is 15.0 Å². The number of piperazine rings is 1. The molecule has 0 spiro atoms. The van der Waals surface area contributed by atoms with Crippen molar-refractivity contribution >= 4 is 44.8 Å². The number of nitrogens with one attached hydrogen (secondary N) is 1. The van der Waals surface area contributed by atoms with Crippen LogP contribution >= 0.6 is 11.3 Å². The van der Waals surface area contributed by atoms with Crippen molar-refractivity contribution in [2.45, 2.75) is 6.92 Å². The van der Waals surface area contributed by atoms with Crippen LogP contribution in [0.4, 0.5) is 17.3 Å². The summed E-state index contributed by atoms with van der Waals surface area (Å²) in [7, 11) is 0. The van der Waals surface area contributed by atoms with Crippen molar-refractivity contribution in [3.63, 3.8) is 0 Å². The SMILES string of the molecule is CCOc1ccc(Nc2ncccc2C(=O)N2CCN(c3ncnc4sccc34)CC2)cc1. The molecule has 1 aliphatic rings. The number of carbonyl (C=O) groups excluding carboxylic acids is 1. The summed E-state index contributed by atoms with van der Waals surface area (Å²) in [6, 6.07) is 13.3. The highest BCUT2D eigenvalue weighted by Gasteiger charge is 2.26. The summed E-state index contributed by atoms with van der Waals surface area (Å²) in [5.41, 5.74) is 1.40. The summed E-state index contributed by atoms with van der Waals surface area (Å²) in [5, 5.41) is 6.37. The zero-order valence-electron chi connectivity index (χ0n) is 18.3. The highest BCUT2D eigenvalue weighted by atomic mass is 32.1. The molecule has 0 bridgehead atoms. The number of hydrogen-bond acceptors (Lipinski definition) is 8. The number of carbonyl (C=O) groups is 1. The van der Waals surface area contributed by atoms with Crippen molar-refractivity contribution in [1.29, 1.82) is 0 Å². The first-order chi connectivity index (χ1) is 16.2. The molecule has 1 saturated heterocycles. The van der Waals surface area contributed by atoms with Crippen molar-refractivity contribution in [3.8, 4) is 5.75 Å². The quantitative estimate of drug-likeness (QED) is 0.462. The van der Waals surface area contributed by atoms with Gasteiger partial charge in [-0.2, -0.15) is 0 Å². The van der Waals surface area contributed by atoms with Crippen LogP contribution in [0.2, 0.25) is 0 Å². The molecule has 0 unspecified atom stereocenters. The van der Waals surface area contributed by atoms with Crippen LogP contribution in [-0.4, -0.2) is 58.5 Å². The van der Waals surface area contributed by atoms with Crippen LogP contribution in [0.25, 0.3) is 10.2 Å². The second-order valence-corrected chi connectivity index (χ2v) is 8.49. The number of benzene rings is 1. The first kappa shape index (κ1) is 21.1. The second-order valence-electron chi connectivity index (χ2n) is 7.60. The van der Waals surface area contributed by atoms with E-state index in [9.17, 15) is 4.79 Å². The van der Waals surface area contributed by atoms with Gasteiger partial charge in [0.25, 0.3) is 5.91 Å². The Morgan fingerprint density at radius 3 is 2.67 bits per heavy atom. The first-order valence-corrected chi connectivity index (χ1v) is 11.8. The van der Waals surface area contributed by atoms with Gasteiger partial charge in [-0.05, 0) is 54.8 Å². The van der Waals surface area contributed by atoms with Gasteiger partial charge in [0.15, 0.2) is 0 Å². The molecule has 3 aromatic heterocycles. The summed E-state index contributed by atoms with van der Waals surface area (Å²) >= 11 is 1.61. The molecule has 8 nitrogen and oxygen atoms in total. The topological polar surface area (TPSA) is 83.5 Å². The Hall–Kier alpha value is -3.72. The lowest BCUT2D eigenvalue weighted by molar-refractivity contribution is 0.0747. The third-order valence-electron chi connectivity index (χ3n) is 5.57. The van der Waals surface area contributed by atoms with Crippen LogP contribution in [0.1, 0.15) is 17.3 Å². The van der Waals surface area contributed by atoms with Gasteiger partial charge in [0.05, 0.1) is 17.6 Å². The van der Waals surface area contributed by atoms with Gasteiger partial charge in [0.1, 0.15) is 28.5 Å². The fraction of sp³-hybridized carbons (Fsp3) is 0.250. The van der Waals surface area contributed by atoms with Crippen molar-refractivity contribution in [2.24, 2.45) is 0 Å². The van der Waals surface area contributed by atoms with Crippen molar-refractivity contribution < 1.29 is 9.53 Å². The van der Waals surface area contributed by atoms with E-state index < -0.39 is 0 Å². The molecule has 1 fully saturated rings. The van der Waals surface area contributed by atoms with Crippen LogP contribution < -0.4 is 15.0 Å². The van der Waals surface area contributed by atoms with Crippen LogP contribution in [-0.2, 0) is 0 Å². The maximum Gasteiger partial charge on any atom is 0.257 e. The summed E-state index contributed by atoms with van der Waals surface area (Å²) < 4.78 is 5.50. The second kappa shape index (κ2) is 9.41. The molecule has 0 radical (unpaired) electrons. The lowest BCUT2D eigenvalue weighted by Crippen LogP contribution is -2.49. The van der Waals surface area contributed by atoms with E-state index in [1.807, 2.05) is 47.5 Å². The minimum Gasteiger partial charge on any atom is -0.494 e. The molecular formula is C24H24N6O2S. The average Bonchev–Trinajstić information content (AvgIpc) is 3.35. The average molecular weight is 461 g/mol. The first-order valence-electron chi connectivity index (χ1n) is 10.9. The number of fused-ring (bicyclic) bond motifs is 1. The Morgan fingerprint density at radius 1 is 1.06 bits per heavy atom. The number of rotatable bonds is 6. The minimum absolute atomic E-state index is 0.0282. The van der Waals surface area contributed by atoms with Crippen molar-refractivity contribution in [3.05, 3.63) is 65.9 Å². The zero-order valence-corrected chi connectivity index (χ0v) is 19.1. The van der Waals surface area contributed by atoms with Gasteiger partial charge in [0.2, 0.25) is 0 Å². The summed E-state index contributed by atoms with van der Waals surface area (Å²) in [5.74, 6) is 2.26. The molecule has 1 amide bonds. The van der Waals surface area contributed by atoms with E-state index >= 15 is 0 Å². The molecule has 33 heavy (non-hydrogen) atoms. The molecule has 5 rings (SSSR count). The predicted molar refractivity (Wildman–Crippen MR) is 131 cm³/mol. The highest BCUT2D eigenvalue weighted by Crippen LogP contribution is 2.28. The summed E-state index contributed by atoms with van der Waals surface area (Å²) in [6.07, 6.45) is 3.30. The molecule has 0 aliphatic carbocycles. The van der Waals surface area contributed by atoms with E-state index in [0.717, 1.165) is 40.6 Å². The van der Waals surface area contributed by atoms with Crippen molar-refractivity contribution in [2.75, 3.05) is 43.0 Å². The zero-order chi connectivity index (χ0) is 22.6. The fourth-order valence-corrected chi connectivity index (χ4v) is 4.66. The highest BCUT2D eigenvalue weighted by molar-refractivity contribution is 7.16. The van der Waals surface area contributed by atoms with E-state index in [0.29, 0.717) is 31.1 Å². The number of aromatic nitrogens is 3. The van der Waals surface area contributed by atoms with Crippen LogP contribution in [0.3, 0.4) is 0 Å². The smallest absolute Gasteiger partial charge is 0.257 e. The van der Waals surface area contributed by atoms with Gasteiger partial charge in [-0.3, -0.25) is 4.79 Å². The minimum atomic E-state index is -0.0282. The Morgan fingerprint density at radius 2 is 1.88 bits per heavy atom. The molecule has 9 heteroatoms. The molecule has 168 valence electrons. The number of nitrogens with zero attached hydrogens (tertiary/aromatic N) is 5. The molecule has 4 heterocycles. The van der Waals surface area contributed by atoms with Gasteiger partial charge in [-0.1, -0.05) is 0 Å². The van der Waals surface area contributed by atoms with E-state index in [1.165, 1.54) is 0 Å². The summed E-state index contributed by atoms with van der Waals surface area (Å²) in [6.45, 7) is 5.24. The fourth-order valence-electron chi connectivity index (χ4n) is 3.94. The Balaban J connectivity index is 1.28. The molecule has 4 aromatic rings. The molecular weight excluding hydrogens is 436 g/mol. The Bertz CT molecular complexity index is 1250. The normalized spacial score (nSPS) is 13.8. The number of ether oxygens (including phenoxy) is 1.